The van der Waals surface area contributed by atoms with Crippen molar-refractivity contribution in [2.24, 2.45) is 5.41 Å². The molecular weight excluding hydrogens is 323 g/mol. The largest absolute Gasteiger partial charge is 0.348 e. The van der Waals surface area contributed by atoms with Crippen molar-refractivity contribution in [1.29, 1.82) is 0 Å². The molecule has 128 valence electrons. The average molecular weight is 346 g/mol. The Bertz CT molecular complexity index is 697. The lowest BCUT2D eigenvalue weighted by Crippen LogP contribution is -2.57. The minimum atomic E-state index is -0.265. The van der Waals surface area contributed by atoms with Crippen molar-refractivity contribution in [3.8, 4) is 0 Å². The Balaban J connectivity index is 1.60. The SMILES string of the molecule is C[C@H](NC(=O)CN1CC(C)(C)[C@H]1c1cccs1)c1ccc(F)cc1. The zero-order chi connectivity index (χ0) is 17.3. The van der Waals surface area contributed by atoms with Crippen LogP contribution in [0.2, 0.25) is 0 Å². The molecule has 1 fully saturated rings. The molecular formula is C19H23FN2OS. The van der Waals surface area contributed by atoms with E-state index in [1.54, 1.807) is 23.5 Å². The number of hydrogen-bond acceptors (Lipinski definition) is 3. The van der Waals surface area contributed by atoms with Crippen LogP contribution in [0.4, 0.5) is 4.39 Å². The lowest BCUT2D eigenvalue weighted by molar-refractivity contribution is -0.130. The first-order valence-electron chi connectivity index (χ1n) is 8.19. The van der Waals surface area contributed by atoms with Gasteiger partial charge in [0.05, 0.1) is 18.6 Å². The van der Waals surface area contributed by atoms with Gasteiger partial charge in [-0.05, 0) is 41.5 Å². The highest BCUT2D eigenvalue weighted by Crippen LogP contribution is 2.49. The second-order valence-electron chi connectivity index (χ2n) is 7.15. The van der Waals surface area contributed by atoms with Gasteiger partial charge in [-0.3, -0.25) is 9.69 Å². The van der Waals surface area contributed by atoms with Gasteiger partial charge in [0.15, 0.2) is 0 Å². The number of rotatable bonds is 5. The summed E-state index contributed by atoms with van der Waals surface area (Å²) in [5.74, 6) is -0.261. The van der Waals surface area contributed by atoms with Gasteiger partial charge < -0.3 is 5.32 Å². The molecule has 1 N–H and O–H groups in total. The third kappa shape index (κ3) is 3.52. The fourth-order valence-electron chi connectivity index (χ4n) is 3.55. The molecule has 0 saturated carbocycles. The number of nitrogens with zero attached hydrogens (tertiary/aromatic N) is 1. The van der Waals surface area contributed by atoms with Crippen molar-refractivity contribution < 1.29 is 9.18 Å². The van der Waals surface area contributed by atoms with Crippen LogP contribution in [0.25, 0.3) is 0 Å². The monoisotopic (exact) mass is 346 g/mol. The fourth-order valence-corrected chi connectivity index (χ4v) is 4.62. The van der Waals surface area contributed by atoms with Gasteiger partial charge in [-0.15, -0.1) is 11.3 Å². The zero-order valence-corrected chi connectivity index (χ0v) is 15.1. The number of carbonyl (C=O) groups is 1. The normalized spacial score (nSPS) is 21.1. The van der Waals surface area contributed by atoms with Gasteiger partial charge >= 0.3 is 0 Å². The summed E-state index contributed by atoms with van der Waals surface area (Å²) in [5.41, 5.74) is 1.09. The van der Waals surface area contributed by atoms with Crippen LogP contribution < -0.4 is 5.32 Å². The van der Waals surface area contributed by atoms with E-state index in [1.165, 1.54) is 17.0 Å². The van der Waals surface area contributed by atoms with Crippen molar-refractivity contribution in [3.05, 3.63) is 58.0 Å². The Morgan fingerprint density at radius 3 is 2.67 bits per heavy atom. The second-order valence-corrected chi connectivity index (χ2v) is 8.13. The highest BCUT2D eigenvalue weighted by atomic mass is 32.1. The second kappa shape index (κ2) is 6.65. The third-order valence-electron chi connectivity index (χ3n) is 4.62. The number of thiophene rings is 1. The molecule has 0 unspecified atom stereocenters. The van der Waals surface area contributed by atoms with Crippen LogP contribution in [0.1, 0.15) is 43.3 Å². The minimum Gasteiger partial charge on any atom is -0.348 e. The van der Waals surface area contributed by atoms with Crippen molar-refractivity contribution in [2.45, 2.75) is 32.9 Å². The quantitative estimate of drug-likeness (QED) is 0.882. The highest BCUT2D eigenvalue weighted by molar-refractivity contribution is 7.10. The number of halogens is 1. The highest BCUT2D eigenvalue weighted by Gasteiger charge is 2.47. The molecule has 2 aromatic rings. The average Bonchev–Trinajstić information content (AvgIpc) is 2.99. The van der Waals surface area contributed by atoms with Gasteiger partial charge in [-0.2, -0.15) is 0 Å². The Morgan fingerprint density at radius 1 is 1.38 bits per heavy atom. The summed E-state index contributed by atoms with van der Waals surface area (Å²) in [6.07, 6.45) is 0. The van der Waals surface area contributed by atoms with Crippen molar-refractivity contribution in [3.63, 3.8) is 0 Å². The molecule has 3 nitrogen and oxygen atoms in total. The van der Waals surface area contributed by atoms with Crippen LogP contribution >= 0.6 is 11.3 Å². The van der Waals surface area contributed by atoms with E-state index in [4.69, 9.17) is 0 Å². The molecule has 2 atom stereocenters. The van der Waals surface area contributed by atoms with Crippen LogP contribution in [0.5, 0.6) is 0 Å². The van der Waals surface area contributed by atoms with Gasteiger partial charge in [0.2, 0.25) is 5.91 Å². The molecule has 3 rings (SSSR count). The maximum atomic E-state index is 13.0. The molecule has 24 heavy (non-hydrogen) atoms. The first-order chi connectivity index (χ1) is 11.4. The van der Waals surface area contributed by atoms with E-state index in [1.807, 2.05) is 6.92 Å². The standard InChI is InChI=1S/C19H23FN2OS/c1-13(14-6-8-15(20)9-7-14)21-17(23)11-22-12-19(2,3)18(22)16-5-4-10-24-16/h4-10,13,18H,11-12H2,1-3H3,(H,21,23)/t13-,18+/m0/s1. The summed E-state index contributed by atoms with van der Waals surface area (Å²) in [6, 6.07) is 10.6. The van der Waals surface area contributed by atoms with Crippen molar-refractivity contribution in [2.75, 3.05) is 13.1 Å². The van der Waals surface area contributed by atoms with Gasteiger partial charge in [0.1, 0.15) is 5.82 Å². The Labute approximate surface area is 146 Å². The van der Waals surface area contributed by atoms with Gasteiger partial charge in [0, 0.05) is 11.4 Å². The molecule has 0 bridgehead atoms. The van der Waals surface area contributed by atoms with Crippen molar-refractivity contribution >= 4 is 17.2 Å². The molecule has 1 amide bonds. The molecule has 1 saturated heterocycles. The molecule has 1 aromatic carbocycles. The number of benzene rings is 1. The van der Waals surface area contributed by atoms with E-state index in [-0.39, 0.29) is 23.2 Å². The lowest BCUT2D eigenvalue weighted by atomic mass is 9.74. The minimum absolute atomic E-state index is 0.00359. The maximum Gasteiger partial charge on any atom is 0.234 e. The summed E-state index contributed by atoms with van der Waals surface area (Å²) in [5, 5.41) is 5.09. The van der Waals surface area contributed by atoms with E-state index in [0.717, 1.165) is 12.1 Å². The first kappa shape index (κ1) is 17.1. The molecule has 2 heterocycles. The number of hydrogen-bond donors (Lipinski definition) is 1. The summed E-state index contributed by atoms with van der Waals surface area (Å²) in [7, 11) is 0. The molecule has 0 radical (unpaired) electrons. The molecule has 0 aliphatic carbocycles. The van der Waals surface area contributed by atoms with E-state index in [0.29, 0.717) is 12.6 Å². The first-order valence-corrected chi connectivity index (χ1v) is 9.07. The smallest absolute Gasteiger partial charge is 0.234 e. The van der Waals surface area contributed by atoms with Gasteiger partial charge in [-0.25, -0.2) is 4.39 Å². The molecule has 1 aliphatic heterocycles. The molecule has 1 aliphatic rings. The molecule has 1 aromatic heterocycles. The van der Waals surface area contributed by atoms with E-state index >= 15 is 0 Å². The van der Waals surface area contributed by atoms with Crippen molar-refractivity contribution in [1.82, 2.24) is 10.2 Å². The Morgan fingerprint density at radius 2 is 2.08 bits per heavy atom. The number of nitrogens with one attached hydrogen (secondary N) is 1. The van der Waals surface area contributed by atoms with Crippen LogP contribution in [0.15, 0.2) is 41.8 Å². The zero-order valence-electron chi connectivity index (χ0n) is 14.3. The summed E-state index contributed by atoms with van der Waals surface area (Å²) < 4.78 is 13.0. The number of carbonyl (C=O) groups excluding carboxylic acids is 1. The lowest BCUT2D eigenvalue weighted by Gasteiger charge is -2.53. The summed E-state index contributed by atoms with van der Waals surface area (Å²) in [4.78, 5) is 15.9. The van der Waals surface area contributed by atoms with E-state index in [2.05, 4.69) is 41.6 Å². The number of likely N-dealkylation sites (tertiary alicyclic amines) is 1. The van der Waals surface area contributed by atoms with E-state index < -0.39 is 0 Å². The Hall–Kier alpha value is -1.72. The van der Waals surface area contributed by atoms with Gasteiger partial charge in [0.25, 0.3) is 0 Å². The maximum absolute atomic E-state index is 13.0. The predicted octanol–water partition coefficient (Wildman–Crippen LogP) is 4.15. The van der Waals surface area contributed by atoms with Crippen LogP contribution in [0, 0.1) is 11.2 Å². The fraction of sp³-hybridized carbons (Fsp3) is 0.421. The van der Waals surface area contributed by atoms with Crippen LogP contribution in [0.3, 0.4) is 0 Å². The third-order valence-corrected chi connectivity index (χ3v) is 5.55. The summed E-state index contributed by atoms with van der Waals surface area (Å²) in [6.45, 7) is 7.70. The molecule has 5 heteroatoms. The van der Waals surface area contributed by atoms with Crippen LogP contribution in [-0.2, 0) is 4.79 Å². The van der Waals surface area contributed by atoms with E-state index in [9.17, 15) is 9.18 Å². The Kier molecular flexibility index (Phi) is 4.74. The van der Waals surface area contributed by atoms with Gasteiger partial charge in [-0.1, -0.05) is 32.0 Å². The number of amides is 1. The predicted molar refractivity (Wildman–Crippen MR) is 95.4 cm³/mol. The summed E-state index contributed by atoms with van der Waals surface area (Å²) >= 11 is 1.74. The molecule has 0 spiro atoms. The van der Waals surface area contributed by atoms with Crippen LogP contribution in [-0.4, -0.2) is 23.9 Å². The topological polar surface area (TPSA) is 32.3 Å².